The Bertz CT molecular complexity index is 1600. The van der Waals surface area contributed by atoms with Crippen LogP contribution in [0, 0.1) is 0 Å². The molecule has 2 N–H and O–H groups in total. The third-order valence-electron chi connectivity index (χ3n) is 6.11. The molecule has 4 aromatic rings. The molecule has 232 valence electrons. The van der Waals surface area contributed by atoms with Gasteiger partial charge >= 0.3 is 6.18 Å². The standard InChI is InChI=1S/C29H31F3N8O3S/c1-6-25(41)34-21-15-22(24(43-17-29(30,31)32)16-23(21)40(4)14-13-39(2)3)36-28-33-12-11-20(35-28)27-38-37-26(44-27)18-7-9-19(42-5)10-8-18/h6-12,15-16H,1,13-14,17H2,2-5H3,(H,34,41)(H,33,35,36). The number of halogens is 3. The lowest BCUT2D eigenvalue weighted by atomic mass is 10.2. The SMILES string of the molecule is C=CC(=O)Nc1cc(Nc2nccc(-c3nnc(-c4ccc(OC)cc4)s3)n2)c(OCC(F)(F)F)cc1N(C)CCN(C)C. The van der Waals surface area contributed by atoms with Gasteiger partial charge in [-0.3, -0.25) is 4.79 Å². The van der Waals surface area contributed by atoms with Gasteiger partial charge < -0.3 is 29.9 Å². The van der Waals surface area contributed by atoms with Crippen LogP contribution in [0.25, 0.3) is 21.3 Å². The van der Waals surface area contributed by atoms with E-state index in [4.69, 9.17) is 9.47 Å². The summed E-state index contributed by atoms with van der Waals surface area (Å²) in [7, 11) is 7.14. The van der Waals surface area contributed by atoms with Crippen LogP contribution in [0.3, 0.4) is 0 Å². The summed E-state index contributed by atoms with van der Waals surface area (Å²) in [5.41, 5.74) is 2.16. The van der Waals surface area contributed by atoms with Crippen LogP contribution in [0.5, 0.6) is 11.5 Å². The van der Waals surface area contributed by atoms with E-state index >= 15 is 0 Å². The highest BCUT2D eigenvalue weighted by molar-refractivity contribution is 7.17. The van der Waals surface area contributed by atoms with Gasteiger partial charge in [-0.1, -0.05) is 17.9 Å². The van der Waals surface area contributed by atoms with Gasteiger partial charge in [-0.2, -0.15) is 13.2 Å². The molecule has 44 heavy (non-hydrogen) atoms. The number of methoxy groups -OCH3 is 1. The third kappa shape index (κ3) is 8.64. The molecule has 0 radical (unpaired) electrons. The molecule has 0 fully saturated rings. The second-order valence-corrected chi connectivity index (χ2v) is 10.7. The van der Waals surface area contributed by atoms with Gasteiger partial charge in [0.2, 0.25) is 11.9 Å². The number of alkyl halides is 3. The summed E-state index contributed by atoms with van der Waals surface area (Å²) in [6, 6.07) is 11.9. The first-order valence-corrected chi connectivity index (χ1v) is 14.0. The van der Waals surface area contributed by atoms with Gasteiger partial charge in [-0.15, -0.1) is 10.2 Å². The van der Waals surface area contributed by atoms with E-state index in [-0.39, 0.29) is 17.4 Å². The molecule has 0 spiro atoms. The van der Waals surface area contributed by atoms with Crippen molar-refractivity contribution in [3.63, 3.8) is 0 Å². The number of amides is 1. The van der Waals surface area contributed by atoms with Crippen molar-refractivity contribution in [3.05, 3.63) is 61.3 Å². The quantitative estimate of drug-likeness (QED) is 0.184. The molecule has 2 heterocycles. The highest BCUT2D eigenvalue weighted by atomic mass is 32.1. The molecule has 0 aliphatic heterocycles. The van der Waals surface area contributed by atoms with Crippen LogP contribution in [-0.4, -0.2) is 85.1 Å². The van der Waals surface area contributed by atoms with E-state index in [9.17, 15) is 18.0 Å². The normalized spacial score (nSPS) is 11.3. The summed E-state index contributed by atoms with van der Waals surface area (Å²) < 4.78 is 50.0. The molecule has 0 atom stereocenters. The number of hydrogen-bond donors (Lipinski definition) is 2. The smallest absolute Gasteiger partial charge is 0.422 e. The van der Waals surface area contributed by atoms with Gasteiger partial charge in [-0.25, -0.2) is 9.97 Å². The Morgan fingerprint density at radius 3 is 2.43 bits per heavy atom. The second kappa shape index (κ2) is 14.1. The molecule has 4 rings (SSSR count). The molecule has 0 aliphatic carbocycles. The van der Waals surface area contributed by atoms with Gasteiger partial charge in [0, 0.05) is 38.0 Å². The number of anilines is 4. The Morgan fingerprint density at radius 1 is 1.05 bits per heavy atom. The summed E-state index contributed by atoms with van der Waals surface area (Å²) >= 11 is 1.31. The maximum absolute atomic E-state index is 13.2. The largest absolute Gasteiger partial charge is 0.497 e. The van der Waals surface area contributed by atoms with E-state index in [1.54, 1.807) is 25.1 Å². The van der Waals surface area contributed by atoms with Gasteiger partial charge in [0.05, 0.1) is 24.2 Å². The van der Waals surface area contributed by atoms with E-state index in [1.165, 1.54) is 29.7 Å². The number of carbonyl (C=O) groups excluding carboxylic acids is 1. The van der Waals surface area contributed by atoms with Crippen LogP contribution in [0.4, 0.5) is 36.2 Å². The summed E-state index contributed by atoms with van der Waals surface area (Å²) in [5, 5.41) is 15.3. The number of nitrogens with one attached hydrogen (secondary N) is 2. The average Bonchev–Trinajstić information content (AvgIpc) is 3.49. The fraction of sp³-hybridized carbons (Fsp3) is 0.276. The number of likely N-dealkylation sites (N-methyl/N-ethyl adjacent to an activating group) is 2. The van der Waals surface area contributed by atoms with E-state index in [2.05, 4.69) is 37.4 Å². The minimum atomic E-state index is -4.58. The Labute approximate surface area is 256 Å². The molecule has 1 amide bonds. The van der Waals surface area contributed by atoms with Crippen LogP contribution in [0.1, 0.15) is 0 Å². The van der Waals surface area contributed by atoms with Gasteiger partial charge in [0.15, 0.2) is 11.6 Å². The van der Waals surface area contributed by atoms with Crippen LogP contribution < -0.4 is 25.0 Å². The molecule has 2 aromatic heterocycles. The molecule has 0 aliphatic rings. The molecule has 11 nitrogen and oxygen atoms in total. The first-order chi connectivity index (χ1) is 21.0. The number of benzene rings is 2. The lowest BCUT2D eigenvalue weighted by molar-refractivity contribution is -0.153. The Hall–Kier alpha value is -4.76. The van der Waals surface area contributed by atoms with Gasteiger partial charge in [-0.05, 0) is 56.6 Å². The zero-order chi connectivity index (χ0) is 31.9. The maximum Gasteiger partial charge on any atom is 0.422 e. The van der Waals surface area contributed by atoms with E-state index < -0.39 is 18.7 Å². The number of aromatic nitrogens is 4. The second-order valence-electron chi connectivity index (χ2n) is 9.72. The zero-order valence-corrected chi connectivity index (χ0v) is 25.3. The molecule has 0 saturated carbocycles. The number of carbonyl (C=O) groups is 1. The van der Waals surface area contributed by atoms with Crippen molar-refractivity contribution in [1.29, 1.82) is 0 Å². The van der Waals surface area contributed by atoms with E-state index in [0.29, 0.717) is 45.9 Å². The number of nitrogens with zero attached hydrogens (tertiary/aromatic N) is 6. The Balaban J connectivity index is 1.68. The molecular formula is C29H31F3N8O3S. The first-order valence-electron chi connectivity index (χ1n) is 13.2. The summed E-state index contributed by atoms with van der Waals surface area (Å²) in [6.45, 7) is 3.13. The monoisotopic (exact) mass is 628 g/mol. The van der Waals surface area contributed by atoms with Crippen molar-refractivity contribution in [2.75, 3.05) is 63.5 Å². The highest BCUT2D eigenvalue weighted by Crippen LogP contribution is 2.39. The molecule has 0 unspecified atom stereocenters. The van der Waals surface area contributed by atoms with Crippen molar-refractivity contribution in [3.8, 4) is 32.8 Å². The highest BCUT2D eigenvalue weighted by Gasteiger charge is 2.29. The van der Waals surface area contributed by atoms with Crippen molar-refractivity contribution >= 4 is 40.3 Å². The summed E-state index contributed by atoms with van der Waals surface area (Å²) in [4.78, 5) is 24.8. The fourth-order valence-electron chi connectivity index (χ4n) is 3.85. The minimum Gasteiger partial charge on any atom is -0.497 e. The van der Waals surface area contributed by atoms with Gasteiger partial charge in [0.1, 0.15) is 22.2 Å². The zero-order valence-electron chi connectivity index (χ0n) is 24.5. The van der Waals surface area contributed by atoms with Crippen molar-refractivity contribution < 1.29 is 27.4 Å². The maximum atomic E-state index is 13.2. The first kappa shape index (κ1) is 32.2. The van der Waals surface area contributed by atoms with Crippen molar-refractivity contribution in [1.82, 2.24) is 25.1 Å². The van der Waals surface area contributed by atoms with Crippen LogP contribution >= 0.6 is 11.3 Å². The molecule has 15 heteroatoms. The van der Waals surface area contributed by atoms with Crippen molar-refractivity contribution in [2.45, 2.75) is 6.18 Å². The Morgan fingerprint density at radius 2 is 1.77 bits per heavy atom. The topological polar surface area (TPSA) is 118 Å². The number of hydrogen-bond acceptors (Lipinski definition) is 11. The van der Waals surface area contributed by atoms with E-state index in [1.807, 2.05) is 43.3 Å². The van der Waals surface area contributed by atoms with E-state index in [0.717, 1.165) is 11.6 Å². The predicted molar refractivity (Wildman–Crippen MR) is 165 cm³/mol. The van der Waals surface area contributed by atoms with Crippen molar-refractivity contribution in [2.24, 2.45) is 0 Å². The fourth-order valence-corrected chi connectivity index (χ4v) is 4.67. The molecular weight excluding hydrogens is 597 g/mol. The summed E-state index contributed by atoms with van der Waals surface area (Å²) in [6.07, 6.45) is -2.00. The minimum absolute atomic E-state index is 0.0651. The predicted octanol–water partition coefficient (Wildman–Crippen LogP) is 5.48. The Kier molecular flexibility index (Phi) is 10.3. The third-order valence-corrected chi connectivity index (χ3v) is 7.10. The van der Waals surface area contributed by atoms with Crippen LogP contribution in [-0.2, 0) is 4.79 Å². The van der Waals surface area contributed by atoms with Crippen LogP contribution in [0.2, 0.25) is 0 Å². The molecule has 0 bridgehead atoms. The molecule has 2 aromatic carbocycles. The van der Waals surface area contributed by atoms with Crippen LogP contribution in [0.15, 0.2) is 61.3 Å². The number of ether oxygens (including phenoxy) is 2. The molecule has 0 saturated heterocycles. The lowest BCUT2D eigenvalue weighted by Gasteiger charge is -2.26. The average molecular weight is 629 g/mol. The number of rotatable bonds is 13. The summed E-state index contributed by atoms with van der Waals surface area (Å²) in [5.74, 6) is 0.168. The lowest BCUT2D eigenvalue weighted by Crippen LogP contribution is -2.29. The van der Waals surface area contributed by atoms with Gasteiger partial charge in [0.25, 0.3) is 0 Å².